The van der Waals surface area contributed by atoms with Gasteiger partial charge in [-0.15, -0.1) is 0 Å². The van der Waals surface area contributed by atoms with Crippen LogP contribution in [0.5, 0.6) is 5.75 Å². The molecule has 6 nitrogen and oxygen atoms in total. The van der Waals surface area contributed by atoms with Crippen molar-refractivity contribution in [3.05, 3.63) is 70.4 Å². The van der Waals surface area contributed by atoms with Crippen molar-refractivity contribution in [2.45, 2.75) is 19.8 Å². The van der Waals surface area contributed by atoms with E-state index in [1.54, 1.807) is 25.3 Å². The van der Waals surface area contributed by atoms with Crippen LogP contribution in [0.25, 0.3) is 0 Å². The number of ketones is 1. The van der Waals surface area contributed by atoms with Gasteiger partial charge in [0.15, 0.2) is 0 Å². The molecule has 1 heterocycles. The Bertz CT molecular complexity index is 1040. The first-order chi connectivity index (χ1) is 14.3. The number of carbonyl (C=O) groups is 1. The van der Waals surface area contributed by atoms with Crippen LogP contribution in [0.1, 0.15) is 16.8 Å². The van der Waals surface area contributed by atoms with Gasteiger partial charge in [-0.1, -0.05) is 23.7 Å². The minimum absolute atomic E-state index is 0.0916. The molecule has 0 spiro atoms. The second-order valence-electron chi connectivity index (χ2n) is 7.26. The lowest BCUT2D eigenvalue weighted by Gasteiger charge is -2.14. The Morgan fingerprint density at radius 3 is 2.47 bits per heavy atom. The minimum Gasteiger partial charge on any atom is -0.496 e. The molecule has 2 aromatic carbocycles. The zero-order valence-electron chi connectivity index (χ0n) is 17.6. The molecule has 0 fully saturated rings. The largest absolute Gasteiger partial charge is 0.496 e. The van der Waals surface area contributed by atoms with Gasteiger partial charge in [0.05, 0.1) is 7.11 Å². The third-order valence-electron chi connectivity index (χ3n) is 4.54. The molecule has 1 N–H and O–H groups in total. The van der Waals surface area contributed by atoms with E-state index in [1.807, 2.05) is 56.3 Å². The van der Waals surface area contributed by atoms with Crippen molar-refractivity contribution in [3.63, 3.8) is 0 Å². The third kappa shape index (κ3) is 5.70. The fourth-order valence-corrected chi connectivity index (χ4v) is 3.25. The monoisotopic (exact) mass is 424 g/mol. The van der Waals surface area contributed by atoms with Gasteiger partial charge in [-0.25, -0.2) is 4.98 Å². The van der Waals surface area contributed by atoms with Gasteiger partial charge in [0.1, 0.15) is 17.4 Å². The molecule has 0 unspecified atom stereocenters. The lowest BCUT2D eigenvalue weighted by molar-refractivity contribution is -0.117. The summed E-state index contributed by atoms with van der Waals surface area (Å²) in [4.78, 5) is 23.4. The van der Waals surface area contributed by atoms with Gasteiger partial charge < -0.3 is 15.0 Å². The maximum Gasteiger partial charge on any atom is 0.229 e. The number of ether oxygens (including phenoxy) is 1. The summed E-state index contributed by atoms with van der Waals surface area (Å²) < 4.78 is 5.32. The highest BCUT2D eigenvalue weighted by molar-refractivity contribution is 6.30. The van der Waals surface area contributed by atoms with Crippen LogP contribution in [-0.4, -0.2) is 37.0 Å². The molecule has 0 atom stereocenters. The Kier molecular flexibility index (Phi) is 6.90. The second-order valence-corrected chi connectivity index (χ2v) is 7.69. The van der Waals surface area contributed by atoms with E-state index in [2.05, 4.69) is 15.3 Å². The quantitative estimate of drug-likeness (QED) is 0.569. The van der Waals surface area contributed by atoms with Crippen molar-refractivity contribution in [2.24, 2.45) is 0 Å². The normalized spacial score (nSPS) is 10.6. The standard InChI is InChI=1S/C23H25ClN4O2/c1-15-11-22(28(2)3)27-23(25-15)26-19-8-5-16(6-9-19)12-20(29)14-17-13-18(24)7-10-21(17)30-4/h5-11,13H,12,14H2,1-4H3,(H,25,26,27). The molecule has 3 rings (SSSR count). The molecule has 0 bridgehead atoms. The Balaban J connectivity index is 1.65. The maximum absolute atomic E-state index is 12.5. The molecule has 30 heavy (non-hydrogen) atoms. The number of aromatic nitrogens is 2. The maximum atomic E-state index is 12.5. The number of hydrogen-bond donors (Lipinski definition) is 1. The lowest BCUT2D eigenvalue weighted by Crippen LogP contribution is -2.12. The Morgan fingerprint density at radius 1 is 1.07 bits per heavy atom. The van der Waals surface area contributed by atoms with E-state index < -0.39 is 0 Å². The van der Waals surface area contributed by atoms with Gasteiger partial charge in [0.25, 0.3) is 0 Å². The molecule has 0 aliphatic rings. The SMILES string of the molecule is COc1ccc(Cl)cc1CC(=O)Cc1ccc(Nc2nc(C)cc(N(C)C)n2)cc1. The molecule has 0 aliphatic carbocycles. The summed E-state index contributed by atoms with van der Waals surface area (Å²) in [5.41, 5.74) is 3.47. The number of Topliss-reactive ketones (excluding diaryl/α,β-unsaturated/α-hetero) is 1. The average molecular weight is 425 g/mol. The number of rotatable bonds is 8. The summed E-state index contributed by atoms with van der Waals surface area (Å²) >= 11 is 6.05. The molecule has 156 valence electrons. The predicted octanol–water partition coefficient (Wildman–Crippen LogP) is 4.61. The van der Waals surface area contributed by atoms with Crippen molar-refractivity contribution >= 4 is 34.8 Å². The van der Waals surface area contributed by atoms with Crippen molar-refractivity contribution in [2.75, 3.05) is 31.4 Å². The Morgan fingerprint density at radius 2 is 1.80 bits per heavy atom. The van der Waals surface area contributed by atoms with E-state index in [1.165, 1.54) is 0 Å². The van der Waals surface area contributed by atoms with Gasteiger partial charge in [0, 0.05) is 55.0 Å². The Labute approximate surface area is 181 Å². The fourth-order valence-electron chi connectivity index (χ4n) is 3.06. The molecule has 1 aromatic heterocycles. The van der Waals surface area contributed by atoms with Crippen LogP contribution < -0.4 is 15.0 Å². The molecule has 3 aromatic rings. The highest BCUT2D eigenvalue weighted by Crippen LogP contribution is 2.24. The molecular weight excluding hydrogens is 400 g/mol. The molecule has 0 saturated heterocycles. The topological polar surface area (TPSA) is 67.3 Å². The summed E-state index contributed by atoms with van der Waals surface area (Å²) in [5, 5.41) is 3.80. The van der Waals surface area contributed by atoms with Crippen molar-refractivity contribution < 1.29 is 9.53 Å². The van der Waals surface area contributed by atoms with E-state index in [0.29, 0.717) is 23.1 Å². The molecule has 7 heteroatoms. The first-order valence-electron chi connectivity index (χ1n) is 9.57. The van der Waals surface area contributed by atoms with Gasteiger partial charge in [-0.2, -0.15) is 4.98 Å². The third-order valence-corrected chi connectivity index (χ3v) is 4.78. The minimum atomic E-state index is 0.0916. The van der Waals surface area contributed by atoms with E-state index in [0.717, 1.165) is 28.3 Å². The highest BCUT2D eigenvalue weighted by atomic mass is 35.5. The fraction of sp³-hybridized carbons (Fsp3) is 0.261. The number of anilines is 3. The smallest absolute Gasteiger partial charge is 0.229 e. The van der Waals surface area contributed by atoms with E-state index in [4.69, 9.17) is 16.3 Å². The van der Waals surface area contributed by atoms with E-state index in [-0.39, 0.29) is 12.2 Å². The molecular formula is C23H25ClN4O2. The van der Waals surface area contributed by atoms with Crippen LogP contribution in [0.4, 0.5) is 17.5 Å². The van der Waals surface area contributed by atoms with Crippen molar-refractivity contribution in [1.82, 2.24) is 9.97 Å². The summed E-state index contributed by atoms with van der Waals surface area (Å²) in [7, 11) is 5.47. The number of benzene rings is 2. The van der Waals surface area contributed by atoms with Crippen LogP contribution in [0.2, 0.25) is 5.02 Å². The van der Waals surface area contributed by atoms with Crippen molar-refractivity contribution in [1.29, 1.82) is 0 Å². The van der Waals surface area contributed by atoms with E-state index >= 15 is 0 Å². The highest BCUT2D eigenvalue weighted by Gasteiger charge is 2.11. The first kappa shape index (κ1) is 21.6. The van der Waals surface area contributed by atoms with Crippen LogP contribution in [-0.2, 0) is 17.6 Å². The van der Waals surface area contributed by atoms with Gasteiger partial charge in [0.2, 0.25) is 5.95 Å². The van der Waals surface area contributed by atoms with Crippen LogP contribution in [0, 0.1) is 6.92 Å². The number of halogens is 1. The first-order valence-corrected chi connectivity index (χ1v) is 9.95. The molecule has 0 radical (unpaired) electrons. The summed E-state index contributed by atoms with van der Waals surface area (Å²) in [6.07, 6.45) is 0.607. The number of methoxy groups -OCH3 is 1. The number of aryl methyl sites for hydroxylation is 1. The van der Waals surface area contributed by atoms with Crippen molar-refractivity contribution in [3.8, 4) is 5.75 Å². The van der Waals surface area contributed by atoms with Gasteiger partial charge >= 0.3 is 0 Å². The number of carbonyl (C=O) groups excluding carboxylic acids is 1. The summed E-state index contributed by atoms with van der Waals surface area (Å²) in [6.45, 7) is 1.93. The zero-order valence-corrected chi connectivity index (χ0v) is 18.3. The lowest BCUT2D eigenvalue weighted by atomic mass is 10.0. The zero-order chi connectivity index (χ0) is 21.7. The average Bonchev–Trinajstić information content (AvgIpc) is 2.69. The molecule has 0 aliphatic heterocycles. The number of nitrogens with one attached hydrogen (secondary N) is 1. The Hall–Kier alpha value is -3.12. The van der Waals surface area contributed by atoms with Crippen LogP contribution in [0.15, 0.2) is 48.5 Å². The van der Waals surface area contributed by atoms with Gasteiger partial charge in [-0.3, -0.25) is 4.79 Å². The van der Waals surface area contributed by atoms with Crippen LogP contribution >= 0.6 is 11.6 Å². The second kappa shape index (κ2) is 9.59. The predicted molar refractivity (Wildman–Crippen MR) is 121 cm³/mol. The summed E-state index contributed by atoms with van der Waals surface area (Å²) in [5.74, 6) is 2.13. The van der Waals surface area contributed by atoms with E-state index in [9.17, 15) is 4.79 Å². The van der Waals surface area contributed by atoms with Crippen LogP contribution in [0.3, 0.4) is 0 Å². The molecule has 0 saturated carbocycles. The molecule has 0 amide bonds. The van der Waals surface area contributed by atoms with Gasteiger partial charge in [-0.05, 0) is 42.8 Å². The summed E-state index contributed by atoms with van der Waals surface area (Å²) in [6, 6.07) is 14.9. The number of nitrogens with zero attached hydrogens (tertiary/aromatic N) is 3. The number of hydrogen-bond acceptors (Lipinski definition) is 6.